The van der Waals surface area contributed by atoms with Crippen LogP contribution in [0.25, 0.3) is 0 Å². The van der Waals surface area contributed by atoms with Crippen molar-refractivity contribution >= 4 is 23.9 Å². The number of carbonyl (C=O) groups excluding carboxylic acids is 2. The van der Waals surface area contributed by atoms with E-state index in [0.717, 1.165) is 18.5 Å². The summed E-state index contributed by atoms with van der Waals surface area (Å²) in [5.41, 5.74) is 0.222. The molecule has 0 bridgehead atoms. The minimum atomic E-state index is -0.683. The molecule has 1 N–H and O–H groups in total. The number of ether oxygens (including phenoxy) is 5. The van der Waals surface area contributed by atoms with Gasteiger partial charge in [-0.05, 0) is 64.7 Å². The maximum Gasteiger partial charge on any atom is 0.350 e. The molecule has 1 aromatic rings. The van der Waals surface area contributed by atoms with Gasteiger partial charge in [-0.2, -0.15) is 0 Å². The fourth-order valence-corrected chi connectivity index (χ4v) is 4.21. The van der Waals surface area contributed by atoms with Crippen molar-refractivity contribution in [1.82, 2.24) is 5.32 Å². The summed E-state index contributed by atoms with van der Waals surface area (Å²) in [6.45, 7) is 14.8. The maximum absolute atomic E-state index is 12.3. The van der Waals surface area contributed by atoms with Crippen LogP contribution in [0.4, 0.5) is 0 Å². The van der Waals surface area contributed by atoms with E-state index in [1.807, 2.05) is 13.8 Å². The summed E-state index contributed by atoms with van der Waals surface area (Å²) < 4.78 is 33.8. The SMILES string of the molecule is CSOC(=O)c1ccc(OCC(=O)NCCCOC(C)(C)COC(C)(C)CC(C)C)cc1C1OCCO1. The third-order valence-corrected chi connectivity index (χ3v) is 5.81. The molecule has 0 aromatic heterocycles. The molecule has 1 saturated heterocycles. The van der Waals surface area contributed by atoms with Crippen molar-refractivity contribution in [3.05, 3.63) is 29.3 Å². The monoisotopic (exact) mass is 541 g/mol. The van der Waals surface area contributed by atoms with Crippen LogP contribution in [0.5, 0.6) is 5.75 Å². The van der Waals surface area contributed by atoms with E-state index in [1.165, 1.54) is 0 Å². The molecule has 0 atom stereocenters. The summed E-state index contributed by atoms with van der Waals surface area (Å²) in [7, 11) is 0. The first kappa shape index (κ1) is 31.4. The average molecular weight is 542 g/mol. The van der Waals surface area contributed by atoms with Gasteiger partial charge in [-0.3, -0.25) is 4.79 Å². The number of benzene rings is 1. The van der Waals surface area contributed by atoms with E-state index in [0.29, 0.717) is 62.2 Å². The number of nitrogens with one attached hydrogen (secondary N) is 1. The Labute approximate surface area is 225 Å². The largest absolute Gasteiger partial charge is 0.484 e. The molecule has 1 aliphatic heterocycles. The quantitative estimate of drug-likeness (QED) is 0.236. The van der Waals surface area contributed by atoms with Crippen LogP contribution in [-0.2, 0) is 27.9 Å². The number of hydrogen-bond acceptors (Lipinski definition) is 9. The first-order valence-electron chi connectivity index (χ1n) is 12.7. The fourth-order valence-electron chi connectivity index (χ4n) is 3.97. The van der Waals surface area contributed by atoms with Crippen molar-refractivity contribution in [2.45, 2.75) is 71.9 Å². The number of rotatable bonds is 16. The average Bonchev–Trinajstić information content (AvgIpc) is 3.35. The fraction of sp³-hybridized carbons (Fsp3) is 0.704. The molecular weight excluding hydrogens is 498 g/mol. The highest BCUT2D eigenvalue weighted by Crippen LogP contribution is 2.31. The van der Waals surface area contributed by atoms with Crippen molar-refractivity contribution in [2.24, 2.45) is 5.92 Å². The first-order chi connectivity index (χ1) is 17.4. The highest BCUT2D eigenvalue weighted by Gasteiger charge is 2.27. The molecule has 37 heavy (non-hydrogen) atoms. The van der Waals surface area contributed by atoms with E-state index < -0.39 is 17.9 Å². The molecular formula is C27H43NO8S. The minimum absolute atomic E-state index is 0.161. The summed E-state index contributed by atoms with van der Waals surface area (Å²) in [6.07, 6.45) is 2.62. The van der Waals surface area contributed by atoms with Crippen LogP contribution in [0.3, 0.4) is 0 Å². The second-order valence-electron chi connectivity index (χ2n) is 10.6. The molecule has 1 aliphatic rings. The molecule has 1 fully saturated rings. The summed E-state index contributed by atoms with van der Waals surface area (Å²) in [4.78, 5) is 24.5. The predicted octanol–water partition coefficient (Wildman–Crippen LogP) is 4.69. The first-order valence-corrected chi connectivity index (χ1v) is 13.9. The summed E-state index contributed by atoms with van der Waals surface area (Å²) in [5.74, 6) is 0.239. The molecule has 1 amide bonds. The predicted molar refractivity (Wildman–Crippen MR) is 143 cm³/mol. The Kier molecular flexibility index (Phi) is 12.7. The lowest BCUT2D eigenvalue weighted by molar-refractivity contribution is -0.126. The Balaban J connectivity index is 1.74. The van der Waals surface area contributed by atoms with Gasteiger partial charge in [0.1, 0.15) is 5.75 Å². The Bertz CT molecular complexity index is 868. The summed E-state index contributed by atoms with van der Waals surface area (Å²) >= 11 is 0.961. The van der Waals surface area contributed by atoms with Gasteiger partial charge in [0.15, 0.2) is 12.9 Å². The maximum atomic E-state index is 12.3. The molecule has 0 unspecified atom stereocenters. The minimum Gasteiger partial charge on any atom is -0.484 e. The van der Waals surface area contributed by atoms with Gasteiger partial charge in [0.05, 0.1) is 48.6 Å². The third kappa shape index (κ3) is 11.6. The van der Waals surface area contributed by atoms with Crippen LogP contribution in [0.1, 0.15) is 76.6 Å². The van der Waals surface area contributed by atoms with E-state index in [-0.39, 0.29) is 18.1 Å². The zero-order valence-electron chi connectivity index (χ0n) is 23.2. The van der Waals surface area contributed by atoms with Gasteiger partial charge in [0.25, 0.3) is 5.91 Å². The highest BCUT2D eigenvalue weighted by atomic mass is 32.2. The van der Waals surface area contributed by atoms with E-state index in [9.17, 15) is 9.59 Å². The lowest BCUT2D eigenvalue weighted by Gasteiger charge is -2.33. The molecule has 0 radical (unpaired) electrons. The van der Waals surface area contributed by atoms with Crippen LogP contribution in [0, 0.1) is 5.92 Å². The Hall–Kier alpha value is -1.85. The van der Waals surface area contributed by atoms with Crippen molar-refractivity contribution in [1.29, 1.82) is 0 Å². The number of carbonyl (C=O) groups is 2. The molecule has 9 nitrogen and oxygen atoms in total. The molecule has 2 rings (SSSR count). The van der Waals surface area contributed by atoms with E-state index in [1.54, 1.807) is 24.5 Å². The van der Waals surface area contributed by atoms with Crippen LogP contribution < -0.4 is 10.1 Å². The van der Waals surface area contributed by atoms with Gasteiger partial charge in [0, 0.05) is 25.0 Å². The van der Waals surface area contributed by atoms with Gasteiger partial charge < -0.3 is 33.2 Å². The van der Waals surface area contributed by atoms with E-state index in [4.69, 9.17) is 27.9 Å². The topological polar surface area (TPSA) is 102 Å². The third-order valence-electron chi connectivity index (χ3n) is 5.49. The number of hydrogen-bond donors (Lipinski definition) is 1. The van der Waals surface area contributed by atoms with E-state index >= 15 is 0 Å². The second-order valence-corrected chi connectivity index (χ2v) is 11.1. The van der Waals surface area contributed by atoms with Gasteiger partial charge in [-0.25, -0.2) is 4.79 Å². The number of amides is 1. The standard InChI is InChI=1S/C27H43NO8S/c1-19(2)16-26(3,4)35-18-27(5,6)34-12-8-11-28-23(29)17-33-20-9-10-21(24(30)36-37-7)22(15-20)25-31-13-14-32-25/h9-10,15,19,25H,8,11-14,16-18H2,1-7H3,(H,28,29). The van der Waals surface area contributed by atoms with Crippen LogP contribution in [0.15, 0.2) is 18.2 Å². The van der Waals surface area contributed by atoms with Crippen LogP contribution >= 0.6 is 12.0 Å². The molecule has 1 aromatic carbocycles. The van der Waals surface area contributed by atoms with Gasteiger partial charge in [0.2, 0.25) is 0 Å². The van der Waals surface area contributed by atoms with Crippen molar-refractivity contribution < 1.29 is 37.5 Å². The van der Waals surface area contributed by atoms with Crippen LogP contribution in [0.2, 0.25) is 0 Å². The Morgan fingerprint density at radius 3 is 2.46 bits per heavy atom. The van der Waals surface area contributed by atoms with Crippen molar-refractivity contribution in [3.8, 4) is 5.75 Å². The van der Waals surface area contributed by atoms with Gasteiger partial charge >= 0.3 is 5.97 Å². The molecule has 0 aliphatic carbocycles. The normalized spacial score (nSPS) is 14.7. The Morgan fingerprint density at radius 1 is 1.11 bits per heavy atom. The molecule has 1 heterocycles. The summed E-state index contributed by atoms with van der Waals surface area (Å²) in [6, 6.07) is 4.84. The van der Waals surface area contributed by atoms with Crippen molar-refractivity contribution in [3.63, 3.8) is 0 Å². The lowest BCUT2D eigenvalue weighted by atomic mass is 9.96. The lowest BCUT2D eigenvalue weighted by Crippen LogP contribution is -2.38. The second kappa shape index (κ2) is 14.9. The zero-order chi connectivity index (χ0) is 27.5. The van der Waals surface area contributed by atoms with Gasteiger partial charge in [-0.1, -0.05) is 13.8 Å². The molecule has 10 heteroatoms. The molecule has 0 spiro atoms. The Morgan fingerprint density at radius 2 is 1.81 bits per heavy atom. The van der Waals surface area contributed by atoms with E-state index in [2.05, 4.69) is 33.0 Å². The zero-order valence-corrected chi connectivity index (χ0v) is 24.0. The van der Waals surface area contributed by atoms with Crippen molar-refractivity contribution in [2.75, 3.05) is 45.8 Å². The summed E-state index contributed by atoms with van der Waals surface area (Å²) in [5, 5.41) is 2.83. The molecule has 210 valence electrons. The highest BCUT2D eigenvalue weighted by molar-refractivity contribution is 7.94. The molecule has 0 saturated carbocycles. The van der Waals surface area contributed by atoms with Crippen LogP contribution in [-0.4, -0.2) is 68.9 Å². The smallest absolute Gasteiger partial charge is 0.350 e. The van der Waals surface area contributed by atoms with Gasteiger partial charge in [-0.15, -0.1) is 0 Å².